The van der Waals surface area contributed by atoms with E-state index in [-0.39, 0.29) is 12.6 Å². The van der Waals surface area contributed by atoms with Crippen LogP contribution < -0.4 is 11.2 Å². The second kappa shape index (κ2) is 4.79. The van der Waals surface area contributed by atoms with Crippen LogP contribution in [0.5, 0.6) is 0 Å². The van der Waals surface area contributed by atoms with Crippen LogP contribution in [0.25, 0.3) is 0 Å². The molecule has 1 saturated carbocycles. The third kappa shape index (κ3) is 3.01. The summed E-state index contributed by atoms with van der Waals surface area (Å²) in [5, 5.41) is 3.85. The number of nitrogens with two attached hydrogens (primary N) is 1. The minimum absolute atomic E-state index is 0.192. The molecule has 5 heteroatoms. The minimum Gasteiger partial charge on any atom is -0.350 e. The van der Waals surface area contributed by atoms with Gasteiger partial charge in [0, 0.05) is 11.6 Å². The van der Waals surface area contributed by atoms with Crippen molar-refractivity contribution in [2.45, 2.75) is 25.7 Å². The van der Waals surface area contributed by atoms with E-state index in [0.29, 0.717) is 6.42 Å². The number of amides is 2. The molecule has 3 N–H and O–H groups in total. The first-order valence-electron chi connectivity index (χ1n) is 4.42. The Morgan fingerprint density at radius 1 is 1.77 bits per heavy atom. The number of nitrogens with one attached hydrogen (secondary N) is 1. The van der Waals surface area contributed by atoms with Crippen molar-refractivity contribution in [2.75, 3.05) is 6.67 Å². The molecule has 0 aromatic rings. The van der Waals surface area contributed by atoms with E-state index in [0.717, 1.165) is 25.0 Å². The van der Waals surface area contributed by atoms with Crippen molar-refractivity contribution >= 4 is 11.7 Å². The molecule has 74 valence electrons. The molecule has 0 aromatic heterocycles. The van der Waals surface area contributed by atoms with E-state index in [1.54, 1.807) is 0 Å². The number of carbonyl (C=O) groups excluding carboxylic acids is 1. The average Bonchev–Trinajstić information content (AvgIpc) is 2.49. The Bertz CT molecular complexity index is 217. The monoisotopic (exact) mass is 187 g/mol. The van der Waals surface area contributed by atoms with E-state index in [9.17, 15) is 9.18 Å². The Morgan fingerprint density at radius 2 is 2.54 bits per heavy atom. The van der Waals surface area contributed by atoms with Crippen molar-refractivity contribution < 1.29 is 9.18 Å². The van der Waals surface area contributed by atoms with Gasteiger partial charge in [-0.3, -0.25) is 4.39 Å². The van der Waals surface area contributed by atoms with Gasteiger partial charge in [-0.1, -0.05) is 0 Å². The predicted molar refractivity (Wildman–Crippen MR) is 48.1 cm³/mol. The Morgan fingerprint density at radius 3 is 3.15 bits per heavy atom. The molecule has 0 spiro atoms. The number of alkyl halides is 1. The minimum atomic E-state index is -0.668. The molecular weight excluding hydrogens is 173 g/mol. The van der Waals surface area contributed by atoms with E-state index in [2.05, 4.69) is 10.5 Å². The zero-order valence-electron chi connectivity index (χ0n) is 7.42. The standard InChI is InChI=1S/C8H14FN3O/c9-5-4-6-2-1-3-7(6)11-12-8(10)13/h6H,1-5H2,(H3,10,12,13)/b11-7-. The maximum atomic E-state index is 12.1. The summed E-state index contributed by atoms with van der Waals surface area (Å²) in [4.78, 5) is 10.4. The lowest BCUT2D eigenvalue weighted by Gasteiger charge is -2.07. The Labute approximate surface area is 76.4 Å². The number of hydrogen-bond acceptors (Lipinski definition) is 2. The van der Waals surface area contributed by atoms with Gasteiger partial charge in [0.15, 0.2) is 0 Å². The summed E-state index contributed by atoms with van der Waals surface area (Å²) < 4.78 is 12.1. The van der Waals surface area contributed by atoms with Crippen molar-refractivity contribution in [3.05, 3.63) is 0 Å². The number of hydrogen-bond donors (Lipinski definition) is 2. The van der Waals surface area contributed by atoms with Gasteiger partial charge < -0.3 is 5.73 Å². The highest BCUT2D eigenvalue weighted by atomic mass is 19.1. The van der Waals surface area contributed by atoms with Crippen molar-refractivity contribution in [1.82, 2.24) is 5.43 Å². The van der Waals surface area contributed by atoms with Gasteiger partial charge in [-0.15, -0.1) is 0 Å². The first kappa shape index (κ1) is 9.95. The summed E-state index contributed by atoms with van der Waals surface area (Å²) in [5.41, 5.74) is 7.91. The fraction of sp³-hybridized carbons (Fsp3) is 0.750. The molecule has 0 radical (unpaired) electrons. The normalized spacial score (nSPS) is 25.0. The van der Waals surface area contributed by atoms with E-state index in [4.69, 9.17) is 5.73 Å². The van der Waals surface area contributed by atoms with Gasteiger partial charge in [0.2, 0.25) is 0 Å². The van der Waals surface area contributed by atoms with Crippen LogP contribution in [-0.4, -0.2) is 18.4 Å². The second-order valence-corrected chi connectivity index (χ2v) is 3.15. The van der Waals surface area contributed by atoms with Crippen LogP contribution in [0.3, 0.4) is 0 Å². The zero-order chi connectivity index (χ0) is 9.68. The summed E-state index contributed by atoms with van der Waals surface area (Å²) in [6, 6.07) is -0.668. The van der Waals surface area contributed by atoms with Gasteiger partial charge in [0.25, 0.3) is 0 Å². The van der Waals surface area contributed by atoms with Gasteiger partial charge in [0.1, 0.15) is 0 Å². The quantitative estimate of drug-likeness (QED) is 0.640. The largest absolute Gasteiger partial charge is 0.350 e. The van der Waals surface area contributed by atoms with Crippen molar-refractivity contribution in [2.24, 2.45) is 16.8 Å². The number of carbonyl (C=O) groups is 1. The fourth-order valence-corrected chi connectivity index (χ4v) is 1.62. The molecule has 1 rings (SSSR count). The van der Waals surface area contributed by atoms with Crippen LogP contribution in [0.2, 0.25) is 0 Å². The molecule has 1 atom stereocenters. The van der Waals surface area contributed by atoms with E-state index in [1.165, 1.54) is 0 Å². The number of primary amides is 1. The summed E-state index contributed by atoms with van der Waals surface area (Å²) in [7, 11) is 0. The highest BCUT2D eigenvalue weighted by Crippen LogP contribution is 2.25. The van der Waals surface area contributed by atoms with Crippen LogP contribution in [0.4, 0.5) is 9.18 Å². The first-order valence-corrected chi connectivity index (χ1v) is 4.42. The van der Waals surface area contributed by atoms with Gasteiger partial charge >= 0.3 is 6.03 Å². The van der Waals surface area contributed by atoms with Crippen LogP contribution in [0.1, 0.15) is 25.7 Å². The maximum absolute atomic E-state index is 12.1. The van der Waals surface area contributed by atoms with Crippen LogP contribution in [-0.2, 0) is 0 Å². The summed E-state index contributed by atoms with van der Waals surface area (Å²) >= 11 is 0. The maximum Gasteiger partial charge on any atom is 0.332 e. The molecule has 0 saturated heterocycles. The summed E-state index contributed by atoms with van der Waals surface area (Å²) in [5.74, 6) is 0.192. The van der Waals surface area contributed by atoms with Crippen molar-refractivity contribution in [3.8, 4) is 0 Å². The van der Waals surface area contributed by atoms with Crippen molar-refractivity contribution in [1.29, 1.82) is 0 Å². The molecule has 1 aliphatic rings. The molecule has 2 amide bonds. The summed E-state index contributed by atoms with van der Waals surface area (Å²) in [6.07, 6.45) is 3.32. The molecule has 0 aliphatic heterocycles. The predicted octanol–water partition coefficient (Wildman–Crippen LogP) is 1.17. The molecular formula is C8H14FN3O. The summed E-state index contributed by atoms with van der Waals surface area (Å²) in [6.45, 7) is -0.333. The third-order valence-electron chi connectivity index (χ3n) is 2.22. The third-order valence-corrected chi connectivity index (χ3v) is 2.22. The van der Waals surface area contributed by atoms with Gasteiger partial charge in [-0.05, 0) is 25.7 Å². The number of urea groups is 1. The van der Waals surface area contributed by atoms with Crippen LogP contribution in [0.15, 0.2) is 5.10 Å². The Hall–Kier alpha value is -1.13. The number of rotatable bonds is 3. The molecule has 4 nitrogen and oxygen atoms in total. The molecule has 0 bridgehead atoms. The molecule has 1 fully saturated rings. The van der Waals surface area contributed by atoms with E-state index >= 15 is 0 Å². The number of nitrogens with zero attached hydrogens (tertiary/aromatic N) is 1. The topological polar surface area (TPSA) is 67.5 Å². The lowest BCUT2D eigenvalue weighted by Crippen LogP contribution is -2.26. The molecule has 13 heavy (non-hydrogen) atoms. The number of halogens is 1. The molecule has 0 aromatic carbocycles. The van der Waals surface area contributed by atoms with Gasteiger partial charge in [-0.25, -0.2) is 10.2 Å². The smallest absolute Gasteiger partial charge is 0.332 e. The first-order chi connectivity index (χ1) is 6.24. The van der Waals surface area contributed by atoms with Gasteiger partial charge in [-0.2, -0.15) is 5.10 Å². The van der Waals surface area contributed by atoms with E-state index in [1.807, 2.05) is 0 Å². The highest BCUT2D eigenvalue weighted by Gasteiger charge is 2.22. The second-order valence-electron chi connectivity index (χ2n) is 3.15. The molecule has 1 unspecified atom stereocenters. The fourth-order valence-electron chi connectivity index (χ4n) is 1.62. The lowest BCUT2D eigenvalue weighted by atomic mass is 10.0. The average molecular weight is 187 g/mol. The lowest BCUT2D eigenvalue weighted by molar-refractivity contribution is 0.249. The van der Waals surface area contributed by atoms with Crippen molar-refractivity contribution in [3.63, 3.8) is 0 Å². The highest BCUT2D eigenvalue weighted by molar-refractivity contribution is 5.89. The van der Waals surface area contributed by atoms with Crippen LogP contribution >= 0.6 is 0 Å². The molecule has 1 aliphatic carbocycles. The Balaban J connectivity index is 2.46. The zero-order valence-corrected chi connectivity index (χ0v) is 7.42. The molecule has 0 heterocycles. The SMILES string of the molecule is NC(=O)N/N=C1/CCCC1CCF. The van der Waals surface area contributed by atoms with Gasteiger partial charge in [0.05, 0.1) is 6.67 Å². The number of hydrazone groups is 1. The van der Waals surface area contributed by atoms with Crippen LogP contribution in [0, 0.1) is 5.92 Å². The van der Waals surface area contributed by atoms with E-state index < -0.39 is 6.03 Å². The Kier molecular flexibility index (Phi) is 3.67.